The molecule has 0 saturated carbocycles. The highest BCUT2D eigenvalue weighted by Crippen LogP contribution is 2.25. The Kier molecular flexibility index (Phi) is 3.98. The Morgan fingerprint density at radius 1 is 1.83 bits per heavy atom. The fourth-order valence-corrected chi connectivity index (χ4v) is 1.87. The van der Waals surface area contributed by atoms with Gasteiger partial charge in [0.25, 0.3) is 0 Å². The third-order valence-electron chi connectivity index (χ3n) is 1.82. The first-order valence-electron chi connectivity index (χ1n) is 4.02. The van der Waals surface area contributed by atoms with Gasteiger partial charge in [0.15, 0.2) is 0 Å². The Bertz CT molecular complexity index is 189. The molecular weight excluding hydrogens is 220 g/mol. The van der Waals surface area contributed by atoms with E-state index in [9.17, 15) is 5.11 Å². The van der Waals surface area contributed by atoms with Crippen molar-refractivity contribution < 1.29 is 9.84 Å². The van der Waals surface area contributed by atoms with Crippen LogP contribution < -0.4 is 0 Å². The first kappa shape index (κ1) is 9.96. The fraction of sp³-hybridized carbons (Fsp3) is 0.556. The van der Waals surface area contributed by atoms with E-state index in [0.29, 0.717) is 6.61 Å². The van der Waals surface area contributed by atoms with Crippen LogP contribution in [0.5, 0.6) is 0 Å². The van der Waals surface area contributed by atoms with Crippen molar-refractivity contribution in [1.82, 2.24) is 0 Å². The third kappa shape index (κ3) is 2.44. The Labute approximate surface area is 81.0 Å². The predicted molar refractivity (Wildman–Crippen MR) is 52.2 cm³/mol. The highest BCUT2D eigenvalue weighted by Gasteiger charge is 2.24. The minimum absolute atomic E-state index is 0.197. The highest BCUT2D eigenvalue weighted by atomic mass is 79.9. The number of aliphatic hydroxyl groups is 1. The molecule has 0 amide bonds. The van der Waals surface area contributed by atoms with Crippen molar-refractivity contribution in [1.29, 1.82) is 0 Å². The van der Waals surface area contributed by atoms with E-state index in [1.807, 2.05) is 6.08 Å². The SMILES string of the molecule is C=CCO[C@@H]1C(Br)=CCC[C@H]1O. The summed E-state index contributed by atoms with van der Waals surface area (Å²) >= 11 is 3.37. The van der Waals surface area contributed by atoms with Crippen molar-refractivity contribution in [3.63, 3.8) is 0 Å². The first-order valence-corrected chi connectivity index (χ1v) is 4.81. The summed E-state index contributed by atoms with van der Waals surface area (Å²) < 4.78 is 6.32. The molecule has 2 nitrogen and oxygen atoms in total. The number of halogens is 1. The summed E-state index contributed by atoms with van der Waals surface area (Å²) in [6.07, 6.45) is 4.83. The average molecular weight is 233 g/mol. The van der Waals surface area contributed by atoms with Crippen LogP contribution in [-0.4, -0.2) is 23.9 Å². The van der Waals surface area contributed by atoms with Crippen molar-refractivity contribution in [2.45, 2.75) is 25.0 Å². The lowest BCUT2D eigenvalue weighted by Gasteiger charge is -2.25. The molecule has 1 rings (SSSR count). The number of hydrogen-bond acceptors (Lipinski definition) is 2. The molecule has 1 aliphatic carbocycles. The molecule has 0 unspecified atom stereocenters. The second kappa shape index (κ2) is 4.80. The zero-order chi connectivity index (χ0) is 8.97. The molecule has 0 fully saturated rings. The summed E-state index contributed by atoms with van der Waals surface area (Å²) in [6.45, 7) is 4.03. The van der Waals surface area contributed by atoms with Gasteiger partial charge in [-0.05, 0) is 12.8 Å². The van der Waals surface area contributed by atoms with Crippen molar-refractivity contribution in [3.05, 3.63) is 23.2 Å². The zero-order valence-electron chi connectivity index (χ0n) is 6.87. The van der Waals surface area contributed by atoms with Crippen LogP contribution in [0, 0.1) is 0 Å². The second-order valence-corrected chi connectivity index (χ2v) is 3.69. The van der Waals surface area contributed by atoms with Gasteiger partial charge in [0.2, 0.25) is 0 Å². The van der Waals surface area contributed by atoms with Crippen molar-refractivity contribution in [2.24, 2.45) is 0 Å². The topological polar surface area (TPSA) is 29.5 Å². The molecule has 0 aromatic heterocycles. The number of rotatable bonds is 3. The summed E-state index contributed by atoms with van der Waals surface area (Å²) in [5, 5.41) is 9.54. The molecule has 0 aromatic carbocycles. The van der Waals surface area contributed by atoms with E-state index < -0.39 is 0 Å². The lowest BCUT2D eigenvalue weighted by atomic mass is 10.0. The lowest BCUT2D eigenvalue weighted by Crippen LogP contribution is -2.31. The Balaban J connectivity index is 2.51. The number of ether oxygens (including phenoxy) is 1. The van der Waals surface area contributed by atoms with Crippen LogP contribution in [0.25, 0.3) is 0 Å². The van der Waals surface area contributed by atoms with Crippen LogP contribution >= 0.6 is 15.9 Å². The van der Waals surface area contributed by atoms with Crippen LogP contribution in [0.1, 0.15) is 12.8 Å². The second-order valence-electron chi connectivity index (χ2n) is 2.78. The number of aliphatic hydroxyl groups excluding tert-OH is 1. The van der Waals surface area contributed by atoms with Gasteiger partial charge in [-0.1, -0.05) is 28.1 Å². The molecule has 2 atom stereocenters. The first-order chi connectivity index (χ1) is 5.75. The van der Waals surface area contributed by atoms with Gasteiger partial charge in [0.05, 0.1) is 12.7 Å². The summed E-state index contributed by atoms with van der Waals surface area (Å²) in [4.78, 5) is 0. The summed E-state index contributed by atoms with van der Waals surface area (Å²) in [5.41, 5.74) is 0. The van der Waals surface area contributed by atoms with Crippen LogP contribution in [0.15, 0.2) is 23.2 Å². The number of hydrogen-bond donors (Lipinski definition) is 1. The molecule has 0 spiro atoms. The molecule has 1 N–H and O–H groups in total. The minimum Gasteiger partial charge on any atom is -0.390 e. The van der Waals surface area contributed by atoms with Gasteiger partial charge in [0, 0.05) is 4.48 Å². The average Bonchev–Trinajstić information content (AvgIpc) is 2.04. The molecule has 0 bridgehead atoms. The predicted octanol–water partition coefficient (Wildman–Crippen LogP) is 1.99. The van der Waals surface area contributed by atoms with Gasteiger partial charge in [-0.15, -0.1) is 6.58 Å². The van der Waals surface area contributed by atoms with Crippen LogP contribution in [0.2, 0.25) is 0 Å². The maximum atomic E-state index is 9.54. The maximum absolute atomic E-state index is 9.54. The van der Waals surface area contributed by atoms with Crippen molar-refractivity contribution in [3.8, 4) is 0 Å². The molecule has 12 heavy (non-hydrogen) atoms. The summed E-state index contributed by atoms with van der Waals surface area (Å²) in [6, 6.07) is 0. The number of allylic oxidation sites excluding steroid dienone is 1. The summed E-state index contributed by atoms with van der Waals surface area (Å²) in [7, 11) is 0. The minimum atomic E-state index is -0.385. The highest BCUT2D eigenvalue weighted by molar-refractivity contribution is 9.11. The standard InChI is InChI=1S/C9H13BrO2/c1-2-6-12-9-7(10)4-3-5-8(9)11/h2,4,8-9,11H,1,3,5-6H2/t8-,9-/m1/s1. The molecule has 1 aliphatic rings. The molecule has 0 aromatic rings. The van der Waals surface area contributed by atoms with Gasteiger partial charge in [-0.3, -0.25) is 0 Å². The molecule has 0 saturated heterocycles. The van der Waals surface area contributed by atoms with Gasteiger partial charge < -0.3 is 9.84 Å². The quantitative estimate of drug-likeness (QED) is 0.755. The molecule has 68 valence electrons. The van der Waals surface area contributed by atoms with Gasteiger partial charge >= 0.3 is 0 Å². The van der Waals surface area contributed by atoms with Crippen molar-refractivity contribution >= 4 is 15.9 Å². The summed E-state index contributed by atoms with van der Waals surface area (Å²) in [5.74, 6) is 0. The van der Waals surface area contributed by atoms with E-state index in [1.165, 1.54) is 0 Å². The smallest absolute Gasteiger partial charge is 0.115 e. The van der Waals surface area contributed by atoms with E-state index in [2.05, 4.69) is 22.5 Å². The van der Waals surface area contributed by atoms with Gasteiger partial charge in [0.1, 0.15) is 6.10 Å². The van der Waals surface area contributed by atoms with Crippen LogP contribution in [-0.2, 0) is 4.74 Å². The van der Waals surface area contributed by atoms with E-state index in [-0.39, 0.29) is 12.2 Å². The van der Waals surface area contributed by atoms with Crippen molar-refractivity contribution in [2.75, 3.05) is 6.61 Å². The Hall–Kier alpha value is -0.120. The van der Waals surface area contributed by atoms with Gasteiger partial charge in [-0.2, -0.15) is 0 Å². The van der Waals surface area contributed by atoms with E-state index >= 15 is 0 Å². The van der Waals surface area contributed by atoms with Gasteiger partial charge in [-0.25, -0.2) is 0 Å². The largest absolute Gasteiger partial charge is 0.390 e. The van der Waals surface area contributed by atoms with E-state index in [4.69, 9.17) is 4.74 Å². The normalized spacial score (nSPS) is 29.7. The molecule has 0 radical (unpaired) electrons. The molecule has 0 aliphatic heterocycles. The van der Waals surface area contributed by atoms with E-state index in [1.54, 1.807) is 6.08 Å². The Morgan fingerprint density at radius 3 is 3.17 bits per heavy atom. The fourth-order valence-electron chi connectivity index (χ4n) is 1.21. The Morgan fingerprint density at radius 2 is 2.58 bits per heavy atom. The molecular formula is C9H13BrO2. The lowest BCUT2D eigenvalue weighted by molar-refractivity contribution is -0.00740. The molecule has 0 heterocycles. The van der Waals surface area contributed by atoms with Crippen LogP contribution in [0.3, 0.4) is 0 Å². The van der Waals surface area contributed by atoms with Crippen LogP contribution in [0.4, 0.5) is 0 Å². The monoisotopic (exact) mass is 232 g/mol. The zero-order valence-corrected chi connectivity index (χ0v) is 8.46. The molecule has 3 heteroatoms. The third-order valence-corrected chi connectivity index (χ3v) is 2.59. The van der Waals surface area contributed by atoms with E-state index in [0.717, 1.165) is 17.3 Å². The maximum Gasteiger partial charge on any atom is 0.115 e.